The molecule has 0 amide bonds. The van der Waals surface area contributed by atoms with Gasteiger partial charge in [0.2, 0.25) is 0 Å². The summed E-state index contributed by atoms with van der Waals surface area (Å²) < 4.78 is 6.08. The molecule has 0 radical (unpaired) electrons. The average Bonchev–Trinajstić information content (AvgIpc) is 3.02. The van der Waals surface area contributed by atoms with Crippen molar-refractivity contribution in [3.8, 4) is 5.75 Å². The molecule has 4 nitrogen and oxygen atoms in total. The zero-order chi connectivity index (χ0) is 15.8. The molecular formula is C19H26N2O2. The lowest BCUT2D eigenvalue weighted by atomic mass is 9.93. The second kappa shape index (κ2) is 6.16. The van der Waals surface area contributed by atoms with E-state index in [1.54, 1.807) is 6.92 Å². The van der Waals surface area contributed by atoms with Crippen LogP contribution in [0.4, 0.5) is 5.69 Å². The van der Waals surface area contributed by atoms with Gasteiger partial charge in [0.05, 0.1) is 11.6 Å². The monoisotopic (exact) mass is 314 g/mol. The van der Waals surface area contributed by atoms with Crippen LogP contribution in [0, 0.1) is 0 Å². The molecule has 3 fully saturated rings. The van der Waals surface area contributed by atoms with Crippen LogP contribution in [0.5, 0.6) is 5.75 Å². The Morgan fingerprint density at radius 2 is 2.00 bits per heavy atom. The number of nitrogens with zero attached hydrogens (tertiary/aromatic N) is 2. The largest absolute Gasteiger partial charge is 0.491 e. The van der Waals surface area contributed by atoms with E-state index < -0.39 is 0 Å². The normalized spacial score (nSPS) is 26.9. The summed E-state index contributed by atoms with van der Waals surface area (Å²) in [5, 5.41) is 0. The first-order valence-corrected chi connectivity index (χ1v) is 9.01. The summed E-state index contributed by atoms with van der Waals surface area (Å²) in [7, 11) is 0. The van der Waals surface area contributed by atoms with Crippen molar-refractivity contribution in [1.82, 2.24) is 4.90 Å². The van der Waals surface area contributed by atoms with E-state index in [-0.39, 0.29) is 5.78 Å². The number of ketones is 1. The summed E-state index contributed by atoms with van der Waals surface area (Å²) in [4.78, 5) is 16.8. The van der Waals surface area contributed by atoms with Gasteiger partial charge in [0.1, 0.15) is 12.4 Å². The molecule has 2 saturated heterocycles. The van der Waals surface area contributed by atoms with Gasteiger partial charge in [-0.1, -0.05) is 6.42 Å². The van der Waals surface area contributed by atoms with Crippen LogP contribution in [0.25, 0.3) is 0 Å². The van der Waals surface area contributed by atoms with Crippen molar-refractivity contribution in [2.24, 2.45) is 0 Å². The van der Waals surface area contributed by atoms with Gasteiger partial charge in [0.15, 0.2) is 5.78 Å². The molecule has 2 unspecified atom stereocenters. The number of hydrogen-bond donors (Lipinski definition) is 0. The quantitative estimate of drug-likeness (QED) is 0.596. The minimum atomic E-state index is 0.0830. The fourth-order valence-corrected chi connectivity index (χ4v) is 3.79. The highest BCUT2D eigenvalue weighted by Gasteiger charge is 2.42. The van der Waals surface area contributed by atoms with Crippen molar-refractivity contribution >= 4 is 11.5 Å². The lowest BCUT2D eigenvalue weighted by molar-refractivity contribution is 0.101. The molecule has 0 aromatic heterocycles. The summed E-state index contributed by atoms with van der Waals surface area (Å²) in [5.74, 6) is 0.849. The number of carbonyl (C=O) groups excluding carboxylic acids is 1. The van der Waals surface area contributed by atoms with Crippen LogP contribution in [-0.4, -0.2) is 49.0 Å². The fourth-order valence-electron chi connectivity index (χ4n) is 3.79. The SMILES string of the molecule is CC(=O)c1ccc(N2CCCC2)cc1OCC1CN1C1CCC1. The molecule has 1 saturated carbocycles. The van der Waals surface area contributed by atoms with Crippen LogP contribution >= 0.6 is 0 Å². The predicted octanol–water partition coefficient (Wildman–Crippen LogP) is 3.10. The Bertz CT molecular complexity index is 591. The maximum absolute atomic E-state index is 11.9. The first-order valence-electron chi connectivity index (χ1n) is 9.01. The first-order chi connectivity index (χ1) is 11.2. The summed E-state index contributed by atoms with van der Waals surface area (Å²) in [6, 6.07) is 7.41. The van der Waals surface area contributed by atoms with E-state index in [2.05, 4.69) is 21.9 Å². The number of Topliss-reactive ketones (excluding diaryl/α,β-unsaturated/α-hetero) is 1. The molecule has 124 valence electrons. The van der Waals surface area contributed by atoms with Gasteiger partial charge < -0.3 is 9.64 Å². The second-order valence-electron chi connectivity index (χ2n) is 7.18. The molecule has 2 aliphatic heterocycles. The zero-order valence-corrected chi connectivity index (χ0v) is 14.0. The minimum absolute atomic E-state index is 0.0830. The molecule has 0 bridgehead atoms. The summed E-state index contributed by atoms with van der Waals surface area (Å²) in [6.45, 7) is 5.70. The molecule has 23 heavy (non-hydrogen) atoms. The number of anilines is 1. The van der Waals surface area contributed by atoms with Gasteiger partial charge in [-0.25, -0.2) is 0 Å². The Labute approximate surface area is 138 Å². The van der Waals surface area contributed by atoms with Crippen LogP contribution in [0.15, 0.2) is 18.2 Å². The number of benzene rings is 1. The van der Waals surface area contributed by atoms with Crippen LogP contribution in [0.3, 0.4) is 0 Å². The highest BCUT2D eigenvalue weighted by Crippen LogP contribution is 2.35. The molecule has 1 aliphatic carbocycles. The number of hydrogen-bond acceptors (Lipinski definition) is 4. The van der Waals surface area contributed by atoms with E-state index >= 15 is 0 Å². The molecule has 2 atom stereocenters. The van der Waals surface area contributed by atoms with E-state index in [0.717, 1.165) is 31.4 Å². The van der Waals surface area contributed by atoms with E-state index in [0.29, 0.717) is 18.2 Å². The Kier molecular flexibility index (Phi) is 4.02. The van der Waals surface area contributed by atoms with Gasteiger partial charge in [0, 0.05) is 37.4 Å². The molecule has 4 heteroatoms. The van der Waals surface area contributed by atoms with Crippen molar-refractivity contribution < 1.29 is 9.53 Å². The van der Waals surface area contributed by atoms with Crippen LogP contribution in [0.1, 0.15) is 49.4 Å². The Hall–Kier alpha value is -1.55. The van der Waals surface area contributed by atoms with Crippen LogP contribution in [-0.2, 0) is 0 Å². The summed E-state index contributed by atoms with van der Waals surface area (Å²) in [5.41, 5.74) is 1.90. The van der Waals surface area contributed by atoms with Crippen molar-refractivity contribution in [1.29, 1.82) is 0 Å². The van der Waals surface area contributed by atoms with Crippen LogP contribution in [0.2, 0.25) is 0 Å². The third-order valence-corrected chi connectivity index (χ3v) is 5.55. The molecular weight excluding hydrogens is 288 g/mol. The third-order valence-electron chi connectivity index (χ3n) is 5.55. The standard InChI is InChI=1S/C19H26N2O2/c1-14(22)18-8-7-16(20-9-2-3-10-20)11-19(18)23-13-17-12-21(17)15-5-4-6-15/h7-8,11,15,17H,2-6,9-10,12-13H2,1H3. The Morgan fingerprint density at radius 1 is 1.22 bits per heavy atom. The van der Waals surface area contributed by atoms with Gasteiger partial charge >= 0.3 is 0 Å². The van der Waals surface area contributed by atoms with Crippen molar-refractivity contribution in [2.45, 2.75) is 51.1 Å². The van der Waals surface area contributed by atoms with Gasteiger partial charge in [-0.2, -0.15) is 0 Å². The molecule has 1 aromatic carbocycles. The fraction of sp³-hybridized carbons (Fsp3) is 0.632. The lowest BCUT2D eigenvalue weighted by Gasteiger charge is -2.27. The Balaban J connectivity index is 1.44. The zero-order valence-electron chi connectivity index (χ0n) is 14.0. The molecule has 4 rings (SSSR count). The van der Waals surface area contributed by atoms with Gasteiger partial charge in [-0.3, -0.25) is 9.69 Å². The Morgan fingerprint density at radius 3 is 2.65 bits per heavy atom. The van der Waals surface area contributed by atoms with Crippen molar-refractivity contribution in [3.63, 3.8) is 0 Å². The highest BCUT2D eigenvalue weighted by atomic mass is 16.5. The second-order valence-corrected chi connectivity index (χ2v) is 7.18. The molecule has 0 spiro atoms. The van der Waals surface area contributed by atoms with E-state index in [4.69, 9.17) is 4.74 Å². The number of carbonyl (C=O) groups is 1. The molecule has 0 N–H and O–H groups in total. The maximum atomic E-state index is 11.9. The molecule has 3 aliphatic rings. The maximum Gasteiger partial charge on any atom is 0.163 e. The van der Waals surface area contributed by atoms with Crippen molar-refractivity contribution in [2.75, 3.05) is 31.1 Å². The first kappa shape index (κ1) is 15.0. The van der Waals surface area contributed by atoms with Gasteiger partial charge in [-0.15, -0.1) is 0 Å². The summed E-state index contributed by atoms with van der Waals surface area (Å²) >= 11 is 0. The lowest BCUT2D eigenvalue weighted by Crippen LogP contribution is -2.29. The van der Waals surface area contributed by atoms with E-state index in [1.165, 1.54) is 37.8 Å². The number of ether oxygens (including phenoxy) is 1. The van der Waals surface area contributed by atoms with Crippen molar-refractivity contribution in [3.05, 3.63) is 23.8 Å². The van der Waals surface area contributed by atoms with E-state index in [1.807, 2.05) is 6.07 Å². The van der Waals surface area contributed by atoms with E-state index in [9.17, 15) is 4.79 Å². The minimum Gasteiger partial charge on any atom is -0.491 e. The average molecular weight is 314 g/mol. The topological polar surface area (TPSA) is 32.6 Å². The molecule has 2 heterocycles. The molecule has 1 aromatic rings. The number of rotatable bonds is 6. The highest BCUT2D eigenvalue weighted by molar-refractivity contribution is 5.97. The van der Waals surface area contributed by atoms with Gasteiger partial charge in [0.25, 0.3) is 0 Å². The predicted molar refractivity (Wildman–Crippen MR) is 91.5 cm³/mol. The summed E-state index contributed by atoms with van der Waals surface area (Å²) in [6.07, 6.45) is 6.58. The third kappa shape index (κ3) is 3.09. The van der Waals surface area contributed by atoms with Crippen LogP contribution < -0.4 is 9.64 Å². The van der Waals surface area contributed by atoms with Gasteiger partial charge in [-0.05, 0) is 44.7 Å². The smallest absolute Gasteiger partial charge is 0.163 e.